The molecule has 1 aliphatic rings. The number of fused-ring (bicyclic) bond motifs is 1. The van der Waals surface area contributed by atoms with Gasteiger partial charge in [0.2, 0.25) is 10.0 Å². The average Bonchev–Trinajstić information content (AvgIpc) is 3.03. The van der Waals surface area contributed by atoms with Crippen molar-refractivity contribution in [2.24, 2.45) is 10.2 Å². The van der Waals surface area contributed by atoms with E-state index >= 15 is 0 Å². The zero-order valence-electron chi connectivity index (χ0n) is 17.0. The third-order valence-corrected chi connectivity index (χ3v) is 6.01. The number of nitrogens with two attached hydrogens (primary N) is 1. The molecule has 0 bridgehead atoms. The van der Waals surface area contributed by atoms with Crippen LogP contribution < -0.4 is 20.8 Å². The Morgan fingerprint density at radius 3 is 2.48 bits per heavy atom. The summed E-state index contributed by atoms with van der Waals surface area (Å²) in [4.78, 5) is 14.5. The highest BCUT2D eigenvalue weighted by molar-refractivity contribution is 7.89. The molecule has 0 aliphatic carbocycles. The summed E-state index contributed by atoms with van der Waals surface area (Å²) in [7, 11) is -3.99. The number of carbonyl (C=O) groups is 1. The first-order valence-corrected chi connectivity index (χ1v) is 11.6. The van der Waals surface area contributed by atoms with Gasteiger partial charge in [-0.25, -0.2) is 17.9 Å². The Morgan fingerprint density at radius 2 is 1.76 bits per heavy atom. The first-order chi connectivity index (χ1) is 15.7. The van der Waals surface area contributed by atoms with Gasteiger partial charge in [-0.05, 0) is 48.1 Å². The lowest BCUT2D eigenvalue weighted by Crippen LogP contribution is -2.32. The number of sulfonamides is 1. The summed E-state index contributed by atoms with van der Waals surface area (Å²) in [5.74, 6) is -0.946. The minimum atomic E-state index is -3.99. The van der Waals surface area contributed by atoms with Gasteiger partial charge in [0.1, 0.15) is 10.7 Å². The SMILES string of the molecule is NS(=O)(=O)c1ccccc1NC(=S)NN=C1C(=O)N(Cc2ccccc2)c2ccc(F)cc21. The van der Waals surface area contributed by atoms with E-state index in [9.17, 15) is 17.6 Å². The molecule has 1 aliphatic heterocycles. The second-order valence-electron chi connectivity index (χ2n) is 7.11. The number of halogens is 1. The van der Waals surface area contributed by atoms with Crippen molar-refractivity contribution in [3.8, 4) is 0 Å². The van der Waals surface area contributed by atoms with Crippen molar-refractivity contribution in [2.45, 2.75) is 11.4 Å². The molecule has 0 saturated carbocycles. The van der Waals surface area contributed by atoms with Gasteiger partial charge in [-0.15, -0.1) is 0 Å². The number of rotatable bonds is 5. The number of nitrogens with one attached hydrogen (secondary N) is 2. The van der Waals surface area contributed by atoms with Crippen molar-refractivity contribution >= 4 is 50.3 Å². The molecule has 4 rings (SSSR count). The molecule has 0 fully saturated rings. The average molecular weight is 484 g/mol. The van der Waals surface area contributed by atoms with Crippen molar-refractivity contribution in [1.29, 1.82) is 0 Å². The molecule has 11 heteroatoms. The molecule has 3 aromatic carbocycles. The molecule has 3 aromatic rings. The lowest BCUT2D eigenvalue weighted by atomic mass is 10.1. The maximum atomic E-state index is 13.9. The number of hydrazone groups is 1. The maximum absolute atomic E-state index is 13.9. The highest BCUT2D eigenvalue weighted by atomic mass is 32.2. The molecule has 168 valence electrons. The molecule has 0 atom stereocenters. The number of amides is 1. The Labute approximate surface area is 195 Å². The van der Waals surface area contributed by atoms with Gasteiger partial charge in [0.15, 0.2) is 10.8 Å². The summed E-state index contributed by atoms with van der Waals surface area (Å²) in [5.41, 5.74) is 4.38. The van der Waals surface area contributed by atoms with E-state index in [4.69, 9.17) is 17.4 Å². The predicted molar refractivity (Wildman–Crippen MR) is 128 cm³/mol. The number of hydrogen-bond donors (Lipinski definition) is 3. The van der Waals surface area contributed by atoms with E-state index in [0.29, 0.717) is 11.3 Å². The molecule has 1 heterocycles. The molecule has 0 spiro atoms. The fourth-order valence-corrected chi connectivity index (χ4v) is 4.24. The number of primary sulfonamides is 1. The maximum Gasteiger partial charge on any atom is 0.279 e. The Hall–Kier alpha value is -3.67. The Morgan fingerprint density at radius 1 is 1.06 bits per heavy atom. The van der Waals surface area contributed by atoms with Gasteiger partial charge in [-0.2, -0.15) is 5.10 Å². The summed E-state index contributed by atoms with van der Waals surface area (Å²) in [6.07, 6.45) is 0. The van der Waals surface area contributed by atoms with Crippen LogP contribution in [0.15, 0.2) is 82.8 Å². The van der Waals surface area contributed by atoms with Crippen LogP contribution in [0.2, 0.25) is 0 Å². The highest BCUT2D eigenvalue weighted by Crippen LogP contribution is 2.31. The topological polar surface area (TPSA) is 117 Å². The molecular formula is C22H18FN5O3S2. The molecule has 4 N–H and O–H groups in total. The van der Waals surface area contributed by atoms with Crippen molar-refractivity contribution in [3.63, 3.8) is 0 Å². The molecule has 1 amide bonds. The first kappa shape index (κ1) is 22.5. The van der Waals surface area contributed by atoms with Gasteiger partial charge < -0.3 is 10.2 Å². The van der Waals surface area contributed by atoms with Gasteiger partial charge in [0.05, 0.1) is 17.9 Å². The normalized spacial score (nSPS) is 14.3. The third kappa shape index (κ3) is 4.90. The smallest absolute Gasteiger partial charge is 0.279 e. The van der Waals surface area contributed by atoms with E-state index in [2.05, 4.69) is 15.8 Å². The van der Waals surface area contributed by atoms with E-state index in [0.717, 1.165) is 5.56 Å². The molecule has 0 unspecified atom stereocenters. The standard InChI is InChI=1S/C22H18FN5O3S2/c23-15-10-11-18-16(12-15)20(21(29)28(18)13-14-6-2-1-3-7-14)26-27-22(32)25-17-8-4-5-9-19(17)33(24,30)31/h1-12H,13H2,(H2,24,30,31)(H2,25,27,32). The van der Waals surface area contributed by atoms with Crippen LogP contribution >= 0.6 is 12.2 Å². The lowest BCUT2D eigenvalue weighted by molar-refractivity contribution is -0.112. The zero-order chi connectivity index (χ0) is 23.6. The van der Waals surface area contributed by atoms with Crippen molar-refractivity contribution in [3.05, 3.63) is 89.7 Å². The predicted octanol–water partition coefficient (Wildman–Crippen LogP) is 2.71. The number of hydrogen-bond acceptors (Lipinski definition) is 5. The van der Waals surface area contributed by atoms with Crippen LogP contribution in [0.1, 0.15) is 11.1 Å². The summed E-state index contributed by atoms with van der Waals surface area (Å²) in [6.45, 7) is 0.280. The zero-order valence-corrected chi connectivity index (χ0v) is 18.7. The number of para-hydroxylation sites is 1. The minimum absolute atomic E-state index is 0.0238. The monoisotopic (exact) mass is 483 g/mol. The van der Waals surface area contributed by atoms with E-state index in [1.54, 1.807) is 6.07 Å². The summed E-state index contributed by atoms with van der Waals surface area (Å²) < 4.78 is 37.5. The van der Waals surface area contributed by atoms with E-state index in [1.165, 1.54) is 41.3 Å². The number of thiocarbonyl (C=S) groups is 1. The molecule has 0 radical (unpaired) electrons. The van der Waals surface area contributed by atoms with Crippen LogP contribution in [0.4, 0.5) is 15.8 Å². The van der Waals surface area contributed by atoms with Gasteiger partial charge >= 0.3 is 0 Å². The minimum Gasteiger partial charge on any atom is -0.330 e. The van der Waals surface area contributed by atoms with E-state index in [1.807, 2.05) is 30.3 Å². The summed E-state index contributed by atoms with van der Waals surface area (Å²) in [5, 5.41) is 11.9. The van der Waals surface area contributed by atoms with Crippen LogP contribution in [0.3, 0.4) is 0 Å². The van der Waals surface area contributed by atoms with Crippen LogP contribution in [0.25, 0.3) is 0 Å². The Bertz CT molecular complexity index is 1380. The van der Waals surface area contributed by atoms with Gasteiger partial charge in [0.25, 0.3) is 5.91 Å². The van der Waals surface area contributed by atoms with Crippen LogP contribution in [-0.4, -0.2) is 25.1 Å². The molecule has 0 aromatic heterocycles. The van der Waals surface area contributed by atoms with Gasteiger partial charge in [-0.3, -0.25) is 10.2 Å². The fraction of sp³-hybridized carbons (Fsp3) is 0.0455. The highest BCUT2D eigenvalue weighted by Gasteiger charge is 2.34. The van der Waals surface area contributed by atoms with Crippen LogP contribution in [0.5, 0.6) is 0 Å². The Kier molecular flexibility index (Phi) is 6.18. The van der Waals surface area contributed by atoms with Gasteiger partial charge in [-0.1, -0.05) is 42.5 Å². The molecule has 33 heavy (non-hydrogen) atoms. The second-order valence-corrected chi connectivity index (χ2v) is 9.04. The molecule has 8 nitrogen and oxygen atoms in total. The lowest BCUT2D eigenvalue weighted by Gasteiger charge is -2.16. The summed E-state index contributed by atoms with van der Waals surface area (Å²) >= 11 is 5.19. The first-order valence-electron chi connectivity index (χ1n) is 9.66. The van der Waals surface area contributed by atoms with E-state index < -0.39 is 21.7 Å². The number of anilines is 2. The van der Waals surface area contributed by atoms with Gasteiger partial charge in [0, 0.05) is 5.56 Å². The molecular weight excluding hydrogens is 465 g/mol. The Balaban J connectivity index is 1.59. The largest absolute Gasteiger partial charge is 0.330 e. The quantitative estimate of drug-likeness (QED) is 0.380. The number of carbonyl (C=O) groups excluding carboxylic acids is 1. The molecule has 0 saturated heterocycles. The number of benzene rings is 3. The van der Waals surface area contributed by atoms with Crippen molar-refractivity contribution in [1.82, 2.24) is 5.43 Å². The summed E-state index contributed by atoms with van der Waals surface area (Å²) in [6, 6.07) is 19.3. The van der Waals surface area contributed by atoms with Crippen LogP contribution in [-0.2, 0) is 21.4 Å². The third-order valence-electron chi connectivity index (χ3n) is 4.85. The van der Waals surface area contributed by atoms with Crippen molar-refractivity contribution < 1.29 is 17.6 Å². The van der Waals surface area contributed by atoms with Crippen molar-refractivity contribution in [2.75, 3.05) is 10.2 Å². The van der Waals surface area contributed by atoms with E-state index in [-0.39, 0.29) is 28.0 Å². The second kappa shape index (κ2) is 9.06. The fourth-order valence-electron chi connectivity index (χ4n) is 3.39. The number of nitrogens with zero attached hydrogens (tertiary/aromatic N) is 2. The van der Waals surface area contributed by atoms with Crippen LogP contribution in [0, 0.1) is 5.82 Å².